The summed E-state index contributed by atoms with van der Waals surface area (Å²) in [7, 11) is 0. The van der Waals surface area contributed by atoms with E-state index < -0.39 is 10.8 Å². The Hall–Kier alpha value is -2.31. The average Bonchev–Trinajstić information content (AvgIpc) is 3.14. The largest absolute Gasteiger partial charge is 0.283 e. The maximum Gasteiger partial charge on any atom is 0.275 e. The SMILES string of the molecule is CCC(=O)N1C(=O)[C@@]2(SCC(=O)N2c2ccc(C)c(Cl)c2)c2ccccc21. The molecule has 0 aliphatic carbocycles. The Morgan fingerprint density at radius 3 is 2.67 bits per heavy atom. The number of aryl methyl sites for hydroxylation is 1. The van der Waals surface area contributed by atoms with Gasteiger partial charge in [0.1, 0.15) is 0 Å². The number of anilines is 2. The van der Waals surface area contributed by atoms with Crippen LogP contribution in [0.15, 0.2) is 42.5 Å². The van der Waals surface area contributed by atoms with Crippen molar-refractivity contribution in [2.75, 3.05) is 15.6 Å². The van der Waals surface area contributed by atoms with Gasteiger partial charge < -0.3 is 0 Å². The Balaban J connectivity index is 1.95. The van der Waals surface area contributed by atoms with Crippen molar-refractivity contribution in [1.29, 1.82) is 0 Å². The van der Waals surface area contributed by atoms with Gasteiger partial charge in [-0.1, -0.05) is 42.8 Å². The Morgan fingerprint density at radius 1 is 1.22 bits per heavy atom. The fourth-order valence-corrected chi connectivity index (χ4v) is 5.13. The maximum absolute atomic E-state index is 13.5. The van der Waals surface area contributed by atoms with Crippen LogP contribution in [0.4, 0.5) is 11.4 Å². The minimum atomic E-state index is -1.28. The van der Waals surface area contributed by atoms with Gasteiger partial charge in [0.25, 0.3) is 5.91 Å². The van der Waals surface area contributed by atoms with Gasteiger partial charge in [0.05, 0.1) is 11.4 Å². The van der Waals surface area contributed by atoms with Crippen LogP contribution >= 0.6 is 23.4 Å². The van der Waals surface area contributed by atoms with Gasteiger partial charge in [-0.05, 0) is 30.7 Å². The first kappa shape index (κ1) is 18.1. The number of imide groups is 1. The Morgan fingerprint density at radius 2 is 1.96 bits per heavy atom. The second kappa shape index (κ2) is 6.39. The van der Waals surface area contributed by atoms with Crippen molar-refractivity contribution in [3.8, 4) is 0 Å². The fraction of sp³-hybridized carbons (Fsp3) is 0.250. The highest BCUT2D eigenvalue weighted by atomic mass is 35.5. The first-order valence-corrected chi connectivity index (χ1v) is 9.98. The molecule has 2 aliphatic heterocycles. The summed E-state index contributed by atoms with van der Waals surface area (Å²) in [6, 6.07) is 12.5. The number of rotatable bonds is 2. The Bertz CT molecular complexity index is 993. The molecule has 1 atom stereocenters. The van der Waals surface area contributed by atoms with E-state index in [9.17, 15) is 14.4 Å². The van der Waals surface area contributed by atoms with Crippen LogP contribution in [0.3, 0.4) is 0 Å². The van der Waals surface area contributed by atoms with Crippen molar-refractivity contribution in [1.82, 2.24) is 0 Å². The molecular weight excluding hydrogens is 384 g/mol. The number of thioether (sulfide) groups is 1. The van der Waals surface area contributed by atoms with Crippen LogP contribution < -0.4 is 9.80 Å². The highest BCUT2D eigenvalue weighted by molar-refractivity contribution is 8.02. The zero-order valence-electron chi connectivity index (χ0n) is 14.9. The minimum absolute atomic E-state index is 0.153. The third kappa shape index (κ3) is 2.43. The molecule has 5 nitrogen and oxygen atoms in total. The number of carbonyl (C=O) groups excluding carboxylic acids is 3. The van der Waals surface area contributed by atoms with Gasteiger partial charge in [-0.2, -0.15) is 0 Å². The number of carbonyl (C=O) groups is 3. The van der Waals surface area contributed by atoms with Gasteiger partial charge in [-0.25, -0.2) is 4.90 Å². The van der Waals surface area contributed by atoms with Gasteiger partial charge in [0.15, 0.2) is 0 Å². The molecule has 1 spiro atoms. The molecule has 0 radical (unpaired) electrons. The van der Waals surface area contributed by atoms with Crippen LogP contribution in [-0.2, 0) is 19.3 Å². The zero-order chi connectivity index (χ0) is 19.3. The summed E-state index contributed by atoms with van der Waals surface area (Å²) in [4.78, 5) is 40.3. The Kier molecular flexibility index (Phi) is 4.28. The van der Waals surface area contributed by atoms with E-state index in [1.54, 1.807) is 31.2 Å². The highest BCUT2D eigenvalue weighted by Gasteiger charge is 2.62. The summed E-state index contributed by atoms with van der Waals surface area (Å²) in [5.41, 5.74) is 2.63. The minimum Gasteiger partial charge on any atom is -0.283 e. The van der Waals surface area contributed by atoms with E-state index in [0.717, 1.165) is 5.56 Å². The van der Waals surface area contributed by atoms with E-state index in [1.165, 1.54) is 21.6 Å². The molecule has 0 bridgehead atoms. The molecule has 4 rings (SSSR count). The van der Waals surface area contributed by atoms with E-state index in [4.69, 9.17) is 11.6 Å². The molecule has 2 aromatic carbocycles. The first-order chi connectivity index (χ1) is 12.9. The van der Waals surface area contributed by atoms with Crippen LogP contribution in [0.5, 0.6) is 0 Å². The molecule has 1 fully saturated rings. The summed E-state index contributed by atoms with van der Waals surface area (Å²) in [5.74, 6) is -0.720. The Labute approximate surface area is 166 Å². The molecule has 0 aromatic heterocycles. The normalized spacial score (nSPS) is 21.3. The molecule has 27 heavy (non-hydrogen) atoms. The first-order valence-electron chi connectivity index (χ1n) is 8.62. The van der Waals surface area contributed by atoms with Crippen LogP contribution in [0.2, 0.25) is 5.02 Å². The van der Waals surface area contributed by atoms with E-state index in [1.807, 2.05) is 25.1 Å². The smallest absolute Gasteiger partial charge is 0.275 e. The van der Waals surface area contributed by atoms with Crippen LogP contribution in [-0.4, -0.2) is 23.5 Å². The second-order valence-electron chi connectivity index (χ2n) is 6.50. The van der Waals surface area contributed by atoms with Gasteiger partial charge >= 0.3 is 0 Å². The maximum atomic E-state index is 13.5. The number of halogens is 1. The summed E-state index contributed by atoms with van der Waals surface area (Å²) in [5, 5.41) is 0.521. The lowest BCUT2D eigenvalue weighted by Crippen LogP contribution is -2.50. The summed E-state index contributed by atoms with van der Waals surface area (Å²) >= 11 is 7.52. The van der Waals surface area contributed by atoms with Crippen molar-refractivity contribution in [3.05, 3.63) is 58.6 Å². The van der Waals surface area contributed by atoms with Crippen molar-refractivity contribution < 1.29 is 14.4 Å². The highest BCUT2D eigenvalue weighted by Crippen LogP contribution is 2.55. The molecule has 2 aromatic rings. The van der Waals surface area contributed by atoms with Gasteiger partial charge in [-0.15, -0.1) is 11.8 Å². The number of hydrogen-bond donors (Lipinski definition) is 0. The van der Waals surface area contributed by atoms with Crippen LogP contribution in [0.1, 0.15) is 24.5 Å². The van der Waals surface area contributed by atoms with E-state index in [-0.39, 0.29) is 24.0 Å². The zero-order valence-corrected chi connectivity index (χ0v) is 16.4. The molecule has 0 unspecified atom stereocenters. The molecule has 7 heteroatoms. The lowest BCUT2D eigenvalue weighted by atomic mass is 10.0. The summed E-state index contributed by atoms with van der Waals surface area (Å²) in [6.45, 7) is 3.59. The molecular formula is C20H17ClN2O3S. The number of fused-ring (bicyclic) bond motifs is 2. The molecule has 0 N–H and O–H groups in total. The number of benzene rings is 2. The molecule has 1 saturated heterocycles. The third-order valence-corrected chi connectivity index (χ3v) is 6.73. The van der Waals surface area contributed by atoms with Gasteiger partial charge in [0.2, 0.25) is 16.7 Å². The van der Waals surface area contributed by atoms with Crippen molar-refractivity contribution >= 4 is 52.5 Å². The van der Waals surface area contributed by atoms with Crippen LogP contribution in [0, 0.1) is 6.92 Å². The summed E-state index contributed by atoms with van der Waals surface area (Å²) < 4.78 is 0. The molecule has 2 heterocycles. The number of nitrogens with zero attached hydrogens (tertiary/aromatic N) is 2. The quantitative estimate of drug-likeness (QED) is 0.768. The van der Waals surface area contributed by atoms with E-state index in [2.05, 4.69) is 0 Å². The van der Waals surface area contributed by atoms with E-state index >= 15 is 0 Å². The predicted octanol–water partition coefficient (Wildman–Crippen LogP) is 3.86. The average molecular weight is 401 g/mol. The monoisotopic (exact) mass is 400 g/mol. The van der Waals surface area contributed by atoms with Crippen molar-refractivity contribution in [3.63, 3.8) is 0 Å². The topological polar surface area (TPSA) is 57.7 Å². The number of hydrogen-bond acceptors (Lipinski definition) is 4. The molecule has 138 valence electrons. The standard InChI is InChI=1S/C20H17ClN2O3S/c1-3-17(24)22-16-7-5-4-6-14(16)20(19(22)26)23(18(25)11-27-20)13-9-8-12(2)15(21)10-13/h4-10H,3,11H2,1-2H3/t20-/m0/s1. The lowest BCUT2D eigenvalue weighted by molar-refractivity contribution is -0.128. The molecule has 3 amide bonds. The fourth-order valence-electron chi connectivity index (χ4n) is 3.61. The predicted molar refractivity (Wildman–Crippen MR) is 107 cm³/mol. The third-order valence-electron chi connectivity index (χ3n) is 4.94. The molecule has 2 aliphatic rings. The van der Waals surface area contributed by atoms with Crippen LogP contribution in [0.25, 0.3) is 0 Å². The molecule has 0 saturated carbocycles. The van der Waals surface area contributed by atoms with E-state index in [0.29, 0.717) is 22.0 Å². The lowest BCUT2D eigenvalue weighted by Gasteiger charge is -2.33. The van der Waals surface area contributed by atoms with Crippen molar-refractivity contribution in [2.24, 2.45) is 0 Å². The number of para-hydroxylation sites is 1. The van der Waals surface area contributed by atoms with Gasteiger partial charge in [-0.3, -0.25) is 19.3 Å². The van der Waals surface area contributed by atoms with Gasteiger partial charge in [0, 0.05) is 22.7 Å². The summed E-state index contributed by atoms with van der Waals surface area (Å²) in [6.07, 6.45) is 0.200. The second-order valence-corrected chi connectivity index (χ2v) is 8.08. The van der Waals surface area contributed by atoms with Crippen molar-refractivity contribution in [2.45, 2.75) is 25.1 Å². The number of amides is 3.